The quantitative estimate of drug-likeness (QED) is 0.833. The zero-order valence-corrected chi connectivity index (χ0v) is 12.0. The van der Waals surface area contributed by atoms with Gasteiger partial charge in [-0.2, -0.15) is 0 Å². The molecule has 1 saturated carbocycles. The highest BCUT2D eigenvalue weighted by molar-refractivity contribution is 6.19. The molecule has 2 rings (SSSR count). The number of carbonyl (C=O) groups is 1. The molecule has 1 fully saturated rings. The largest absolute Gasteiger partial charge is 0.345 e. The minimum absolute atomic E-state index is 0.0198. The molecule has 0 spiro atoms. The van der Waals surface area contributed by atoms with Crippen LogP contribution in [-0.4, -0.2) is 17.3 Å². The predicted octanol–water partition coefficient (Wildman–Crippen LogP) is 3.49. The summed E-state index contributed by atoms with van der Waals surface area (Å²) in [5.41, 5.74) is 1.92. The van der Waals surface area contributed by atoms with E-state index < -0.39 is 0 Å². The van der Waals surface area contributed by atoms with Crippen molar-refractivity contribution in [3.8, 4) is 0 Å². The van der Waals surface area contributed by atoms with Crippen molar-refractivity contribution in [3.63, 3.8) is 0 Å². The van der Waals surface area contributed by atoms with Crippen LogP contribution in [0.5, 0.6) is 0 Å². The van der Waals surface area contributed by atoms with Crippen molar-refractivity contribution in [1.82, 2.24) is 5.32 Å². The van der Waals surface area contributed by atoms with Crippen LogP contribution < -0.4 is 5.32 Å². The third-order valence-corrected chi connectivity index (χ3v) is 4.01. The third kappa shape index (κ3) is 2.86. The summed E-state index contributed by atoms with van der Waals surface area (Å²) in [7, 11) is 0. The Balaban J connectivity index is 2.08. The standard InChI is InChI=1S/C15H20ClNO/c1-14(2,3)12-6-4-11(5-7-12)13(18)17-15(10-16)8-9-15/h4-7H,8-10H2,1-3H3,(H,17,18). The molecule has 0 aliphatic heterocycles. The molecule has 18 heavy (non-hydrogen) atoms. The lowest BCUT2D eigenvalue weighted by Crippen LogP contribution is -2.38. The first kappa shape index (κ1) is 13.4. The summed E-state index contributed by atoms with van der Waals surface area (Å²) < 4.78 is 0. The Labute approximate surface area is 114 Å². The fourth-order valence-corrected chi connectivity index (χ4v) is 2.21. The molecule has 0 unspecified atom stereocenters. The van der Waals surface area contributed by atoms with E-state index in [4.69, 9.17) is 11.6 Å². The maximum absolute atomic E-state index is 12.1. The SMILES string of the molecule is CC(C)(C)c1ccc(C(=O)NC2(CCl)CC2)cc1. The molecule has 0 radical (unpaired) electrons. The zero-order chi connectivity index (χ0) is 13.4. The van der Waals surface area contributed by atoms with Gasteiger partial charge >= 0.3 is 0 Å². The average molecular weight is 266 g/mol. The lowest BCUT2D eigenvalue weighted by molar-refractivity contribution is 0.0936. The Morgan fingerprint density at radius 1 is 1.28 bits per heavy atom. The Bertz CT molecular complexity index is 441. The van der Waals surface area contributed by atoms with Crippen molar-refractivity contribution in [2.75, 3.05) is 5.88 Å². The van der Waals surface area contributed by atoms with E-state index in [9.17, 15) is 4.79 Å². The second kappa shape index (κ2) is 4.58. The van der Waals surface area contributed by atoms with Gasteiger partial charge in [-0.05, 0) is 36.0 Å². The van der Waals surface area contributed by atoms with E-state index in [1.807, 2.05) is 24.3 Å². The normalized spacial score (nSPS) is 17.3. The summed E-state index contributed by atoms with van der Waals surface area (Å²) in [5, 5.41) is 3.02. The first-order valence-corrected chi connectivity index (χ1v) is 6.89. The molecular weight excluding hydrogens is 246 g/mol. The number of nitrogens with one attached hydrogen (secondary N) is 1. The summed E-state index contributed by atoms with van der Waals surface area (Å²) in [6, 6.07) is 7.82. The summed E-state index contributed by atoms with van der Waals surface area (Å²) in [6.07, 6.45) is 1.98. The van der Waals surface area contributed by atoms with E-state index in [2.05, 4.69) is 26.1 Å². The molecule has 0 heterocycles. The fraction of sp³-hybridized carbons (Fsp3) is 0.533. The highest BCUT2D eigenvalue weighted by Crippen LogP contribution is 2.36. The van der Waals surface area contributed by atoms with Gasteiger partial charge in [-0.25, -0.2) is 0 Å². The van der Waals surface area contributed by atoms with Crippen molar-refractivity contribution >= 4 is 17.5 Å². The van der Waals surface area contributed by atoms with Crippen LogP contribution in [0.15, 0.2) is 24.3 Å². The monoisotopic (exact) mass is 265 g/mol. The fourth-order valence-electron chi connectivity index (χ4n) is 1.88. The third-order valence-electron chi connectivity index (χ3n) is 3.50. The Hall–Kier alpha value is -1.02. The molecule has 1 aliphatic rings. The number of benzene rings is 1. The van der Waals surface area contributed by atoms with E-state index in [-0.39, 0.29) is 16.9 Å². The Kier molecular flexibility index (Phi) is 3.41. The molecule has 0 bridgehead atoms. The zero-order valence-electron chi connectivity index (χ0n) is 11.2. The molecule has 0 atom stereocenters. The molecule has 1 N–H and O–H groups in total. The number of hydrogen-bond acceptors (Lipinski definition) is 1. The summed E-state index contributed by atoms with van der Waals surface area (Å²) >= 11 is 5.86. The molecule has 1 aromatic rings. The smallest absolute Gasteiger partial charge is 0.251 e. The number of halogens is 1. The Morgan fingerprint density at radius 2 is 1.83 bits per heavy atom. The van der Waals surface area contributed by atoms with Crippen molar-refractivity contribution in [2.45, 2.75) is 44.6 Å². The number of rotatable bonds is 3. The molecule has 1 amide bonds. The first-order chi connectivity index (χ1) is 8.36. The van der Waals surface area contributed by atoms with Gasteiger partial charge in [0.1, 0.15) is 0 Å². The molecule has 1 aromatic carbocycles. The lowest BCUT2D eigenvalue weighted by Gasteiger charge is -2.19. The minimum Gasteiger partial charge on any atom is -0.345 e. The summed E-state index contributed by atoms with van der Waals surface area (Å²) in [5.74, 6) is 0.479. The average Bonchev–Trinajstić information content (AvgIpc) is 3.08. The molecule has 0 saturated heterocycles. The van der Waals surface area contributed by atoms with E-state index in [0.29, 0.717) is 11.4 Å². The van der Waals surface area contributed by atoms with E-state index in [1.165, 1.54) is 5.56 Å². The summed E-state index contributed by atoms with van der Waals surface area (Å²) in [6.45, 7) is 6.48. The van der Waals surface area contributed by atoms with Gasteiger partial charge in [0.25, 0.3) is 5.91 Å². The molecule has 3 heteroatoms. The van der Waals surface area contributed by atoms with Crippen molar-refractivity contribution < 1.29 is 4.79 Å². The van der Waals surface area contributed by atoms with Crippen LogP contribution in [0.1, 0.15) is 49.5 Å². The highest BCUT2D eigenvalue weighted by Gasteiger charge is 2.43. The van der Waals surface area contributed by atoms with E-state index in [1.54, 1.807) is 0 Å². The van der Waals surface area contributed by atoms with Crippen molar-refractivity contribution in [2.24, 2.45) is 0 Å². The molecule has 1 aliphatic carbocycles. The maximum Gasteiger partial charge on any atom is 0.251 e. The van der Waals surface area contributed by atoms with Gasteiger partial charge in [-0.3, -0.25) is 4.79 Å². The Morgan fingerprint density at radius 3 is 2.22 bits per heavy atom. The lowest BCUT2D eigenvalue weighted by atomic mass is 9.86. The predicted molar refractivity (Wildman–Crippen MR) is 75.3 cm³/mol. The van der Waals surface area contributed by atoms with Crippen LogP contribution in [0.3, 0.4) is 0 Å². The van der Waals surface area contributed by atoms with Gasteiger partial charge in [0.2, 0.25) is 0 Å². The van der Waals surface area contributed by atoms with Gasteiger partial charge in [0.05, 0.1) is 5.54 Å². The van der Waals surface area contributed by atoms with Crippen molar-refractivity contribution in [3.05, 3.63) is 35.4 Å². The molecule has 0 aromatic heterocycles. The topological polar surface area (TPSA) is 29.1 Å². The minimum atomic E-state index is -0.138. The number of amides is 1. The van der Waals surface area contributed by atoms with Crippen LogP contribution in [0.2, 0.25) is 0 Å². The van der Waals surface area contributed by atoms with Crippen LogP contribution in [0.25, 0.3) is 0 Å². The van der Waals surface area contributed by atoms with Crippen LogP contribution in [-0.2, 0) is 5.41 Å². The first-order valence-electron chi connectivity index (χ1n) is 6.35. The second-order valence-electron chi connectivity index (χ2n) is 6.20. The molecular formula is C15H20ClNO. The highest BCUT2D eigenvalue weighted by atomic mass is 35.5. The number of alkyl halides is 1. The van der Waals surface area contributed by atoms with Crippen molar-refractivity contribution in [1.29, 1.82) is 0 Å². The van der Waals surface area contributed by atoms with Crippen LogP contribution in [0, 0.1) is 0 Å². The molecule has 2 nitrogen and oxygen atoms in total. The van der Waals surface area contributed by atoms with E-state index >= 15 is 0 Å². The van der Waals surface area contributed by atoms with Gasteiger partial charge in [0.15, 0.2) is 0 Å². The van der Waals surface area contributed by atoms with Gasteiger partial charge in [0, 0.05) is 11.4 Å². The van der Waals surface area contributed by atoms with E-state index in [0.717, 1.165) is 12.8 Å². The maximum atomic E-state index is 12.1. The number of carbonyl (C=O) groups excluding carboxylic acids is 1. The number of hydrogen-bond donors (Lipinski definition) is 1. The van der Waals surface area contributed by atoms with Gasteiger partial charge < -0.3 is 5.32 Å². The van der Waals surface area contributed by atoms with Gasteiger partial charge in [-0.1, -0.05) is 32.9 Å². The van der Waals surface area contributed by atoms with Crippen LogP contribution >= 0.6 is 11.6 Å². The van der Waals surface area contributed by atoms with Gasteiger partial charge in [-0.15, -0.1) is 11.6 Å². The second-order valence-corrected chi connectivity index (χ2v) is 6.46. The molecule has 98 valence electrons. The van der Waals surface area contributed by atoms with Crippen LogP contribution in [0.4, 0.5) is 0 Å². The summed E-state index contributed by atoms with van der Waals surface area (Å²) in [4.78, 5) is 12.1.